The van der Waals surface area contributed by atoms with E-state index in [2.05, 4.69) is 34.2 Å². The molecule has 2 rings (SSSR count). The van der Waals surface area contributed by atoms with Crippen molar-refractivity contribution in [2.24, 2.45) is 11.8 Å². The van der Waals surface area contributed by atoms with Gasteiger partial charge in [-0.15, -0.1) is 0 Å². The summed E-state index contributed by atoms with van der Waals surface area (Å²) >= 11 is 3.52. The van der Waals surface area contributed by atoms with Crippen LogP contribution in [-0.4, -0.2) is 6.54 Å². The largest absolute Gasteiger partial charge is 0.384 e. The highest BCUT2D eigenvalue weighted by molar-refractivity contribution is 9.10. The molecule has 0 aliphatic heterocycles. The maximum absolute atomic E-state index is 8.84. The maximum Gasteiger partial charge on any atom is 0.0992 e. The fraction of sp³-hybridized carbons (Fsp3) is 0.562. The number of nitriles is 1. The minimum Gasteiger partial charge on any atom is -0.384 e. The molecule has 1 aliphatic carbocycles. The highest BCUT2D eigenvalue weighted by atomic mass is 79.9. The third-order valence-corrected chi connectivity index (χ3v) is 4.88. The van der Waals surface area contributed by atoms with Crippen LogP contribution in [0.5, 0.6) is 0 Å². The van der Waals surface area contributed by atoms with Gasteiger partial charge in [0, 0.05) is 16.7 Å². The second-order valence-corrected chi connectivity index (χ2v) is 6.34. The first-order valence-electron chi connectivity index (χ1n) is 7.16. The molecule has 1 N–H and O–H groups in total. The molecule has 2 nitrogen and oxygen atoms in total. The van der Waals surface area contributed by atoms with E-state index in [4.69, 9.17) is 5.26 Å². The van der Waals surface area contributed by atoms with E-state index in [0.29, 0.717) is 5.56 Å². The zero-order valence-electron chi connectivity index (χ0n) is 11.5. The first-order chi connectivity index (χ1) is 9.22. The lowest BCUT2D eigenvalue weighted by Gasteiger charge is -2.28. The minimum atomic E-state index is 0.695. The second-order valence-electron chi connectivity index (χ2n) is 5.48. The fourth-order valence-corrected chi connectivity index (χ4v) is 3.35. The molecule has 0 unspecified atom stereocenters. The van der Waals surface area contributed by atoms with E-state index in [-0.39, 0.29) is 0 Å². The van der Waals surface area contributed by atoms with Crippen LogP contribution in [0.25, 0.3) is 0 Å². The van der Waals surface area contributed by atoms with Crippen molar-refractivity contribution in [1.29, 1.82) is 5.26 Å². The molecule has 0 aromatic heterocycles. The van der Waals surface area contributed by atoms with E-state index in [1.807, 2.05) is 18.2 Å². The summed E-state index contributed by atoms with van der Waals surface area (Å²) in [5.74, 6) is 1.75. The van der Waals surface area contributed by atoms with Gasteiger partial charge >= 0.3 is 0 Å². The quantitative estimate of drug-likeness (QED) is 0.852. The molecule has 0 heterocycles. The molecule has 3 heteroatoms. The molecule has 0 amide bonds. The van der Waals surface area contributed by atoms with Crippen LogP contribution in [0.1, 0.15) is 44.6 Å². The molecule has 0 atom stereocenters. The third kappa shape index (κ3) is 3.98. The van der Waals surface area contributed by atoms with Gasteiger partial charge in [0.2, 0.25) is 0 Å². The summed E-state index contributed by atoms with van der Waals surface area (Å²) in [5, 5.41) is 12.4. The molecule has 102 valence electrons. The number of anilines is 1. The molecule has 1 saturated carbocycles. The summed E-state index contributed by atoms with van der Waals surface area (Å²) in [6.07, 6.45) is 6.80. The van der Waals surface area contributed by atoms with Crippen molar-refractivity contribution >= 4 is 21.6 Å². The van der Waals surface area contributed by atoms with Gasteiger partial charge in [-0.3, -0.25) is 0 Å². The lowest BCUT2D eigenvalue weighted by atomic mass is 9.81. The van der Waals surface area contributed by atoms with Crippen molar-refractivity contribution in [2.75, 3.05) is 11.9 Å². The van der Waals surface area contributed by atoms with Crippen molar-refractivity contribution < 1.29 is 0 Å². The Morgan fingerprint density at radius 1 is 1.26 bits per heavy atom. The van der Waals surface area contributed by atoms with Gasteiger partial charge in [-0.1, -0.05) is 26.2 Å². The molecule has 19 heavy (non-hydrogen) atoms. The average molecular weight is 321 g/mol. The van der Waals surface area contributed by atoms with Crippen LogP contribution < -0.4 is 5.32 Å². The molecule has 0 spiro atoms. The Labute approximate surface area is 124 Å². The lowest BCUT2D eigenvalue weighted by Crippen LogP contribution is -2.21. The van der Waals surface area contributed by atoms with Crippen molar-refractivity contribution in [3.8, 4) is 6.07 Å². The molecule has 1 aromatic rings. The SMILES string of the molecule is CCC1CCC(CNc2ccc(C#N)cc2Br)CC1. The smallest absolute Gasteiger partial charge is 0.0992 e. The summed E-state index contributed by atoms with van der Waals surface area (Å²) in [7, 11) is 0. The highest BCUT2D eigenvalue weighted by Crippen LogP contribution is 2.31. The van der Waals surface area contributed by atoms with Crippen molar-refractivity contribution in [2.45, 2.75) is 39.0 Å². The van der Waals surface area contributed by atoms with Gasteiger partial charge in [-0.25, -0.2) is 0 Å². The summed E-state index contributed by atoms with van der Waals surface area (Å²) in [6, 6.07) is 7.87. The Balaban J connectivity index is 1.85. The van der Waals surface area contributed by atoms with Crippen molar-refractivity contribution in [1.82, 2.24) is 0 Å². The number of hydrogen-bond acceptors (Lipinski definition) is 2. The van der Waals surface area contributed by atoms with Gasteiger partial charge < -0.3 is 5.32 Å². The average Bonchev–Trinajstić information content (AvgIpc) is 2.46. The summed E-state index contributed by atoms with van der Waals surface area (Å²) in [5.41, 5.74) is 1.79. The second kappa shape index (κ2) is 6.96. The van der Waals surface area contributed by atoms with Crippen LogP contribution >= 0.6 is 15.9 Å². The first kappa shape index (κ1) is 14.4. The van der Waals surface area contributed by atoms with Gasteiger partial charge in [0.05, 0.1) is 11.6 Å². The Morgan fingerprint density at radius 3 is 2.53 bits per heavy atom. The summed E-state index contributed by atoms with van der Waals surface area (Å²) in [6.45, 7) is 3.35. The van der Waals surface area contributed by atoms with Gasteiger partial charge in [0.15, 0.2) is 0 Å². The van der Waals surface area contributed by atoms with E-state index < -0.39 is 0 Å². The normalized spacial score (nSPS) is 22.8. The topological polar surface area (TPSA) is 35.8 Å². The molecule has 1 aliphatic rings. The summed E-state index contributed by atoms with van der Waals surface area (Å²) in [4.78, 5) is 0. The Bertz CT molecular complexity index is 456. The molecular weight excluding hydrogens is 300 g/mol. The van der Waals surface area contributed by atoms with Gasteiger partial charge in [-0.2, -0.15) is 5.26 Å². The Morgan fingerprint density at radius 2 is 1.95 bits per heavy atom. The predicted molar refractivity (Wildman–Crippen MR) is 83.1 cm³/mol. The van der Waals surface area contributed by atoms with Gasteiger partial charge in [0.25, 0.3) is 0 Å². The number of rotatable bonds is 4. The van der Waals surface area contributed by atoms with Crippen LogP contribution in [0.4, 0.5) is 5.69 Å². The minimum absolute atomic E-state index is 0.695. The van der Waals surface area contributed by atoms with Crippen LogP contribution in [-0.2, 0) is 0 Å². The molecular formula is C16H21BrN2. The third-order valence-electron chi connectivity index (χ3n) is 4.22. The van der Waals surface area contributed by atoms with E-state index in [1.165, 1.54) is 32.1 Å². The first-order valence-corrected chi connectivity index (χ1v) is 7.95. The van der Waals surface area contributed by atoms with E-state index in [1.54, 1.807) is 0 Å². The molecule has 1 fully saturated rings. The van der Waals surface area contributed by atoms with Gasteiger partial charge in [-0.05, 0) is 58.8 Å². The van der Waals surface area contributed by atoms with Crippen molar-refractivity contribution in [3.63, 3.8) is 0 Å². The fourth-order valence-electron chi connectivity index (χ4n) is 2.83. The molecule has 1 aromatic carbocycles. The highest BCUT2D eigenvalue weighted by Gasteiger charge is 2.19. The van der Waals surface area contributed by atoms with Gasteiger partial charge in [0.1, 0.15) is 0 Å². The van der Waals surface area contributed by atoms with E-state index in [0.717, 1.165) is 28.5 Å². The summed E-state index contributed by atoms with van der Waals surface area (Å²) < 4.78 is 0.980. The van der Waals surface area contributed by atoms with E-state index in [9.17, 15) is 0 Å². The zero-order chi connectivity index (χ0) is 13.7. The lowest BCUT2D eigenvalue weighted by molar-refractivity contribution is 0.278. The van der Waals surface area contributed by atoms with Crippen LogP contribution in [0.15, 0.2) is 22.7 Å². The molecule has 0 saturated heterocycles. The number of halogens is 1. The standard InChI is InChI=1S/C16H21BrN2/c1-2-12-3-5-13(6-4-12)11-19-16-8-7-14(10-18)9-15(16)17/h7-9,12-13,19H,2-6,11H2,1H3. The Kier molecular flexibility index (Phi) is 5.27. The predicted octanol–water partition coefficient (Wildman–Crippen LogP) is 4.95. The monoisotopic (exact) mass is 320 g/mol. The maximum atomic E-state index is 8.84. The zero-order valence-corrected chi connectivity index (χ0v) is 13.0. The van der Waals surface area contributed by atoms with Crippen LogP contribution in [0.3, 0.4) is 0 Å². The van der Waals surface area contributed by atoms with E-state index >= 15 is 0 Å². The molecule has 0 bridgehead atoms. The number of nitrogens with zero attached hydrogens (tertiary/aromatic N) is 1. The molecule has 0 radical (unpaired) electrons. The Hall–Kier alpha value is -1.01. The van der Waals surface area contributed by atoms with Crippen LogP contribution in [0, 0.1) is 23.2 Å². The van der Waals surface area contributed by atoms with Crippen molar-refractivity contribution in [3.05, 3.63) is 28.2 Å². The number of benzene rings is 1. The number of hydrogen-bond donors (Lipinski definition) is 1. The van der Waals surface area contributed by atoms with Crippen LogP contribution in [0.2, 0.25) is 0 Å². The number of nitrogens with one attached hydrogen (secondary N) is 1.